The third-order valence-electron chi connectivity index (χ3n) is 4.33. The van der Waals surface area contributed by atoms with Gasteiger partial charge in [-0.3, -0.25) is 13.9 Å². The standard InChI is InChI=1S/C22H27N3O5S/c1-5-15-23-22(27)19-9-7-8-10-20(19)24-21(26)16(3)25(31(4,28)29)17-11-13-18(14-12-17)30-6-2/h5,7-14,16H,1,6,15H2,2-4H3,(H,23,27)(H,24,26)/t16-/m1/s1. The number of hydrogen-bond acceptors (Lipinski definition) is 5. The zero-order valence-electron chi connectivity index (χ0n) is 17.8. The number of nitrogens with one attached hydrogen (secondary N) is 2. The summed E-state index contributed by atoms with van der Waals surface area (Å²) in [5.41, 5.74) is 0.864. The Balaban J connectivity index is 2.29. The van der Waals surface area contributed by atoms with Gasteiger partial charge in [-0.05, 0) is 50.2 Å². The number of carbonyl (C=O) groups is 2. The van der Waals surface area contributed by atoms with E-state index in [0.717, 1.165) is 10.6 Å². The van der Waals surface area contributed by atoms with Gasteiger partial charge < -0.3 is 15.4 Å². The molecule has 0 aliphatic rings. The number of nitrogens with zero attached hydrogens (tertiary/aromatic N) is 1. The largest absolute Gasteiger partial charge is 0.494 e. The van der Waals surface area contributed by atoms with E-state index < -0.39 is 22.0 Å². The number of ether oxygens (including phenoxy) is 1. The number of sulfonamides is 1. The van der Waals surface area contributed by atoms with Gasteiger partial charge in [0.2, 0.25) is 15.9 Å². The van der Waals surface area contributed by atoms with Crippen LogP contribution < -0.4 is 19.7 Å². The second-order valence-electron chi connectivity index (χ2n) is 6.70. The summed E-state index contributed by atoms with van der Waals surface area (Å²) >= 11 is 0. The summed E-state index contributed by atoms with van der Waals surface area (Å²) in [5, 5.41) is 5.32. The van der Waals surface area contributed by atoms with Crippen LogP contribution >= 0.6 is 0 Å². The van der Waals surface area contributed by atoms with Crippen LogP contribution in [0.5, 0.6) is 5.75 Å². The van der Waals surface area contributed by atoms with E-state index in [-0.39, 0.29) is 23.7 Å². The van der Waals surface area contributed by atoms with E-state index in [1.165, 1.54) is 6.92 Å². The Morgan fingerprint density at radius 1 is 1.16 bits per heavy atom. The molecule has 2 aromatic rings. The molecule has 0 saturated heterocycles. The van der Waals surface area contributed by atoms with Gasteiger partial charge in [-0.1, -0.05) is 18.2 Å². The van der Waals surface area contributed by atoms with E-state index in [2.05, 4.69) is 17.2 Å². The van der Waals surface area contributed by atoms with E-state index >= 15 is 0 Å². The number of carbonyl (C=O) groups excluding carboxylic acids is 2. The van der Waals surface area contributed by atoms with Gasteiger partial charge in [0.15, 0.2) is 0 Å². The van der Waals surface area contributed by atoms with Crippen molar-refractivity contribution < 1.29 is 22.7 Å². The Labute approximate surface area is 183 Å². The first-order valence-electron chi connectivity index (χ1n) is 9.70. The van der Waals surface area contributed by atoms with Crippen LogP contribution in [0.3, 0.4) is 0 Å². The average molecular weight is 446 g/mol. The highest BCUT2D eigenvalue weighted by molar-refractivity contribution is 7.92. The van der Waals surface area contributed by atoms with Gasteiger partial charge in [0.05, 0.1) is 29.8 Å². The Bertz CT molecular complexity index is 1040. The van der Waals surface area contributed by atoms with Gasteiger partial charge >= 0.3 is 0 Å². The van der Waals surface area contributed by atoms with Crippen molar-refractivity contribution >= 4 is 33.2 Å². The first kappa shape index (κ1) is 23.9. The molecule has 0 unspecified atom stereocenters. The molecule has 2 aromatic carbocycles. The molecule has 2 amide bonds. The highest BCUT2D eigenvalue weighted by Crippen LogP contribution is 2.25. The number of rotatable bonds is 10. The van der Waals surface area contributed by atoms with Crippen LogP contribution in [-0.2, 0) is 14.8 Å². The van der Waals surface area contributed by atoms with Crippen molar-refractivity contribution in [2.75, 3.05) is 29.0 Å². The van der Waals surface area contributed by atoms with E-state index in [0.29, 0.717) is 18.0 Å². The SMILES string of the molecule is C=CCNC(=O)c1ccccc1NC(=O)[C@@H](C)N(c1ccc(OCC)cc1)S(C)(=O)=O. The summed E-state index contributed by atoms with van der Waals surface area (Å²) in [6.07, 6.45) is 2.58. The van der Waals surface area contributed by atoms with Crippen LogP contribution in [0.1, 0.15) is 24.2 Å². The second kappa shape index (κ2) is 10.6. The van der Waals surface area contributed by atoms with Crippen molar-refractivity contribution in [2.45, 2.75) is 19.9 Å². The number of benzene rings is 2. The third-order valence-corrected chi connectivity index (χ3v) is 5.57. The molecule has 0 radical (unpaired) electrons. The molecule has 0 aliphatic carbocycles. The van der Waals surface area contributed by atoms with Gasteiger partial charge in [-0.15, -0.1) is 6.58 Å². The lowest BCUT2D eigenvalue weighted by Crippen LogP contribution is -2.45. The first-order chi connectivity index (χ1) is 14.7. The van der Waals surface area contributed by atoms with Crippen molar-refractivity contribution in [1.82, 2.24) is 5.32 Å². The number of hydrogen-bond donors (Lipinski definition) is 2. The maximum absolute atomic E-state index is 12.9. The van der Waals surface area contributed by atoms with Gasteiger partial charge in [-0.25, -0.2) is 8.42 Å². The van der Waals surface area contributed by atoms with Crippen molar-refractivity contribution in [3.8, 4) is 5.75 Å². The predicted octanol–water partition coefficient (Wildman–Crippen LogP) is 2.79. The fourth-order valence-electron chi connectivity index (χ4n) is 2.95. The summed E-state index contributed by atoms with van der Waals surface area (Å²) in [4.78, 5) is 25.3. The highest BCUT2D eigenvalue weighted by Gasteiger charge is 2.29. The summed E-state index contributed by atoms with van der Waals surface area (Å²) in [6.45, 7) is 7.63. The molecule has 0 aromatic heterocycles. The molecular weight excluding hydrogens is 418 g/mol. The first-order valence-corrected chi connectivity index (χ1v) is 11.5. The third kappa shape index (κ3) is 6.32. The fraction of sp³-hybridized carbons (Fsp3) is 0.273. The van der Waals surface area contributed by atoms with Crippen molar-refractivity contribution in [3.63, 3.8) is 0 Å². The lowest BCUT2D eigenvalue weighted by molar-refractivity contribution is -0.116. The molecule has 0 fully saturated rings. The van der Waals surface area contributed by atoms with Gasteiger partial charge in [0.1, 0.15) is 11.8 Å². The summed E-state index contributed by atoms with van der Waals surface area (Å²) in [5.74, 6) is -0.366. The van der Waals surface area contributed by atoms with E-state index in [9.17, 15) is 18.0 Å². The quantitative estimate of drug-likeness (QED) is 0.547. The smallest absolute Gasteiger partial charge is 0.253 e. The topological polar surface area (TPSA) is 105 Å². The molecule has 2 N–H and O–H groups in total. The molecule has 2 rings (SSSR count). The second-order valence-corrected chi connectivity index (χ2v) is 8.55. The molecule has 166 valence electrons. The molecule has 31 heavy (non-hydrogen) atoms. The fourth-order valence-corrected chi connectivity index (χ4v) is 4.13. The molecule has 8 nitrogen and oxygen atoms in total. The molecule has 0 aliphatic heterocycles. The molecule has 0 bridgehead atoms. The van der Waals surface area contributed by atoms with Crippen LogP contribution in [0.15, 0.2) is 61.2 Å². The lowest BCUT2D eigenvalue weighted by Gasteiger charge is -2.28. The molecule has 1 atom stereocenters. The maximum atomic E-state index is 12.9. The minimum absolute atomic E-state index is 0.261. The zero-order valence-corrected chi connectivity index (χ0v) is 18.6. The maximum Gasteiger partial charge on any atom is 0.253 e. The molecule has 0 saturated carbocycles. The van der Waals surface area contributed by atoms with Crippen molar-refractivity contribution in [1.29, 1.82) is 0 Å². The average Bonchev–Trinajstić information content (AvgIpc) is 2.73. The molecule has 0 spiro atoms. The van der Waals surface area contributed by atoms with Crippen LogP contribution in [0.25, 0.3) is 0 Å². The zero-order chi connectivity index (χ0) is 23.0. The van der Waals surface area contributed by atoms with E-state index in [4.69, 9.17) is 4.74 Å². The minimum atomic E-state index is -3.78. The van der Waals surface area contributed by atoms with E-state index in [1.807, 2.05) is 6.92 Å². The van der Waals surface area contributed by atoms with Gasteiger partial charge in [0, 0.05) is 6.54 Å². The highest BCUT2D eigenvalue weighted by atomic mass is 32.2. The van der Waals surface area contributed by atoms with Crippen LogP contribution in [-0.4, -0.2) is 45.7 Å². The van der Waals surface area contributed by atoms with Gasteiger partial charge in [-0.2, -0.15) is 0 Å². The predicted molar refractivity (Wildman–Crippen MR) is 122 cm³/mol. The Kier molecular flexibility index (Phi) is 8.21. The number of para-hydroxylation sites is 1. The van der Waals surface area contributed by atoms with Crippen molar-refractivity contribution in [3.05, 3.63) is 66.7 Å². The summed E-state index contributed by atoms with van der Waals surface area (Å²) in [6, 6.07) is 11.8. The monoisotopic (exact) mass is 445 g/mol. The van der Waals surface area contributed by atoms with Crippen molar-refractivity contribution in [2.24, 2.45) is 0 Å². The summed E-state index contributed by atoms with van der Waals surface area (Å²) < 4.78 is 31.4. The lowest BCUT2D eigenvalue weighted by atomic mass is 10.1. The Hall–Kier alpha value is -3.33. The number of amides is 2. The normalized spacial score (nSPS) is 11.8. The summed E-state index contributed by atoms with van der Waals surface area (Å²) in [7, 11) is -3.78. The van der Waals surface area contributed by atoms with E-state index in [1.54, 1.807) is 54.6 Å². The van der Waals surface area contributed by atoms with Gasteiger partial charge in [0.25, 0.3) is 5.91 Å². The molecule has 9 heteroatoms. The minimum Gasteiger partial charge on any atom is -0.494 e. The number of anilines is 2. The Morgan fingerprint density at radius 2 is 1.81 bits per heavy atom. The van der Waals surface area contributed by atoms with Crippen LogP contribution in [0, 0.1) is 0 Å². The van der Waals surface area contributed by atoms with Crippen LogP contribution in [0.4, 0.5) is 11.4 Å². The molecule has 0 heterocycles. The van der Waals surface area contributed by atoms with Crippen LogP contribution in [0.2, 0.25) is 0 Å². The Morgan fingerprint density at radius 3 is 2.39 bits per heavy atom. The molecular formula is C22H27N3O5S.